The summed E-state index contributed by atoms with van der Waals surface area (Å²) in [6.07, 6.45) is 5.39. The normalized spacial score (nSPS) is 13.1. The standard InChI is InChI=1S/C65H48N2O/c1-45-18-17-31-63-65(45)60-41-40-55(44-64(60)68-63)67(62-43-50-22-12-11-21-49(50)42-61(62)46-19-5-2-6-20-46)54-38-34-48(35-39-54)57-28-14-16-30-59(57)58-29-15-13-27-56(58)47-32-36-53(37-33-47)66(51-23-7-3-8-24-51)52-25-9-4-10-26-52/h2-17,19-45H,18H2,1H3. The van der Waals surface area contributed by atoms with Crippen molar-refractivity contribution in [2.45, 2.75) is 19.3 Å². The highest BCUT2D eigenvalue weighted by molar-refractivity contribution is 6.00. The Hall–Kier alpha value is -8.66. The average Bonchev–Trinajstić information content (AvgIpc) is 3.79. The zero-order valence-electron chi connectivity index (χ0n) is 37.8. The van der Waals surface area contributed by atoms with Crippen LogP contribution in [0, 0.1) is 0 Å². The number of furan rings is 1. The molecule has 0 N–H and O–H groups in total. The molecule has 1 atom stereocenters. The van der Waals surface area contributed by atoms with Gasteiger partial charge in [0.15, 0.2) is 0 Å². The molecule has 324 valence electrons. The minimum atomic E-state index is 0.405. The number of hydrogen-bond acceptors (Lipinski definition) is 3. The fraction of sp³-hybridized carbons (Fsp3) is 0.0462. The molecule has 0 radical (unpaired) electrons. The Morgan fingerprint density at radius 3 is 1.43 bits per heavy atom. The van der Waals surface area contributed by atoms with Gasteiger partial charge in [0.25, 0.3) is 0 Å². The maximum absolute atomic E-state index is 6.62. The molecule has 0 fully saturated rings. The van der Waals surface area contributed by atoms with Crippen molar-refractivity contribution in [2.75, 3.05) is 9.80 Å². The average molecular weight is 873 g/mol. The van der Waals surface area contributed by atoms with E-state index in [1.54, 1.807) is 0 Å². The fourth-order valence-corrected chi connectivity index (χ4v) is 10.2. The summed E-state index contributed by atoms with van der Waals surface area (Å²) in [4.78, 5) is 4.71. The Kier molecular flexibility index (Phi) is 10.6. The van der Waals surface area contributed by atoms with Crippen molar-refractivity contribution >= 4 is 61.9 Å². The molecule has 3 heteroatoms. The van der Waals surface area contributed by atoms with E-state index in [1.807, 2.05) is 0 Å². The van der Waals surface area contributed by atoms with E-state index in [1.165, 1.54) is 44.0 Å². The summed E-state index contributed by atoms with van der Waals surface area (Å²) in [6, 6.07) is 87.6. The van der Waals surface area contributed by atoms with E-state index in [4.69, 9.17) is 4.42 Å². The van der Waals surface area contributed by atoms with Crippen molar-refractivity contribution in [3.05, 3.63) is 260 Å². The van der Waals surface area contributed by atoms with E-state index in [2.05, 4.69) is 272 Å². The molecule has 0 spiro atoms. The van der Waals surface area contributed by atoms with E-state index < -0.39 is 0 Å². The Balaban J connectivity index is 0.949. The third kappa shape index (κ3) is 7.54. The fourth-order valence-electron chi connectivity index (χ4n) is 10.2. The van der Waals surface area contributed by atoms with Crippen LogP contribution in [0.2, 0.25) is 0 Å². The Bertz CT molecular complexity index is 3550. The van der Waals surface area contributed by atoms with Gasteiger partial charge < -0.3 is 14.2 Å². The predicted octanol–water partition coefficient (Wildman–Crippen LogP) is 18.7. The molecule has 12 rings (SSSR count). The Morgan fingerprint density at radius 1 is 0.382 bits per heavy atom. The second kappa shape index (κ2) is 17.6. The summed E-state index contributed by atoms with van der Waals surface area (Å²) in [5.41, 5.74) is 18.1. The number of rotatable bonds is 10. The number of fused-ring (bicyclic) bond motifs is 4. The highest BCUT2D eigenvalue weighted by atomic mass is 16.3. The summed E-state index contributed by atoms with van der Waals surface area (Å²) < 4.78 is 6.62. The van der Waals surface area contributed by atoms with E-state index in [9.17, 15) is 0 Å². The van der Waals surface area contributed by atoms with E-state index in [0.717, 1.165) is 74.1 Å². The maximum atomic E-state index is 6.62. The van der Waals surface area contributed by atoms with Crippen molar-refractivity contribution in [1.82, 2.24) is 0 Å². The Morgan fingerprint density at radius 2 is 0.838 bits per heavy atom. The molecule has 0 saturated heterocycles. The van der Waals surface area contributed by atoms with E-state index in [0.29, 0.717) is 5.92 Å². The lowest BCUT2D eigenvalue weighted by molar-refractivity contribution is 0.586. The van der Waals surface area contributed by atoms with Gasteiger partial charge in [0.2, 0.25) is 0 Å². The van der Waals surface area contributed by atoms with Crippen LogP contribution in [0.25, 0.3) is 72.3 Å². The molecule has 10 aromatic carbocycles. The van der Waals surface area contributed by atoms with Gasteiger partial charge in [-0.1, -0.05) is 177 Å². The second-order valence-corrected chi connectivity index (χ2v) is 17.7. The first-order valence-corrected chi connectivity index (χ1v) is 23.6. The molecule has 0 saturated carbocycles. The number of anilines is 6. The van der Waals surface area contributed by atoms with Crippen LogP contribution in [0.1, 0.15) is 30.6 Å². The molecule has 11 aromatic rings. The molecule has 3 nitrogen and oxygen atoms in total. The molecule has 1 aliphatic rings. The minimum absolute atomic E-state index is 0.405. The van der Waals surface area contributed by atoms with Crippen molar-refractivity contribution in [2.24, 2.45) is 0 Å². The van der Waals surface area contributed by atoms with Gasteiger partial charge in [-0.15, -0.1) is 0 Å². The summed E-state index contributed by atoms with van der Waals surface area (Å²) in [5, 5.41) is 3.57. The van der Waals surface area contributed by atoms with E-state index in [-0.39, 0.29) is 0 Å². The molecule has 0 amide bonds. The van der Waals surface area contributed by atoms with Gasteiger partial charge in [-0.25, -0.2) is 0 Å². The molecular weight excluding hydrogens is 825 g/mol. The topological polar surface area (TPSA) is 19.6 Å². The first kappa shape index (κ1) is 40.8. The van der Waals surface area contributed by atoms with Gasteiger partial charge >= 0.3 is 0 Å². The number of nitrogens with zero attached hydrogens (tertiary/aromatic N) is 2. The van der Waals surface area contributed by atoms with Crippen LogP contribution < -0.4 is 9.80 Å². The highest BCUT2D eigenvalue weighted by Crippen LogP contribution is 2.47. The number of allylic oxidation sites excluding steroid dienone is 1. The van der Waals surface area contributed by atoms with Crippen molar-refractivity contribution in [3.8, 4) is 44.5 Å². The lowest BCUT2D eigenvalue weighted by atomic mass is 9.89. The largest absolute Gasteiger partial charge is 0.456 e. The summed E-state index contributed by atoms with van der Waals surface area (Å²) >= 11 is 0. The third-order valence-electron chi connectivity index (χ3n) is 13.5. The van der Waals surface area contributed by atoms with Crippen molar-refractivity contribution < 1.29 is 4.42 Å². The lowest BCUT2D eigenvalue weighted by Crippen LogP contribution is -2.11. The molecule has 1 aromatic heterocycles. The molecule has 1 heterocycles. The predicted molar refractivity (Wildman–Crippen MR) is 287 cm³/mol. The van der Waals surface area contributed by atoms with Gasteiger partial charge in [0.1, 0.15) is 11.3 Å². The van der Waals surface area contributed by atoms with Crippen LogP contribution in [0.15, 0.2) is 253 Å². The first-order chi connectivity index (χ1) is 33.6. The first-order valence-electron chi connectivity index (χ1n) is 23.6. The molecule has 1 unspecified atom stereocenters. The summed E-state index contributed by atoms with van der Waals surface area (Å²) in [6.45, 7) is 2.29. The van der Waals surface area contributed by atoms with Crippen LogP contribution in [-0.4, -0.2) is 0 Å². The van der Waals surface area contributed by atoms with Gasteiger partial charge in [-0.3, -0.25) is 0 Å². The third-order valence-corrected chi connectivity index (χ3v) is 13.5. The van der Waals surface area contributed by atoms with Gasteiger partial charge in [-0.05, 0) is 141 Å². The summed E-state index contributed by atoms with van der Waals surface area (Å²) in [5.74, 6) is 1.37. The van der Waals surface area contributed by atoms with Crippen LogP contribution in [0.3, 0.4) is 0 Å². The lowest BCUT2D eigenvalue weighted by Gasteiger charge is -2.29. The minimum Gasteiger partial charge on any atom is -0.456 e. The molecular formula is C65H48N2O. The van der Waals surface area contributed by atoms with Crippen LogP contribution in [0.5, 0.6) is 0 Å². The van der Waals surface area contributed by atoms with Gasteiger partial charge in [-0.2, -0.15) is 0 Å². The van der Waals surface area contributed by atoms with Crippen molar-refractivity contribution in [3.63, 3.8) is 0 Å². The van der Waals surface area contributed by atoms with Gasteiger partial charge in [0.05, 0.1) is 5.69 Å². The zero-order valence-corrected chi connectivity index (χ0v) is 37.8. The summed E-state index contributed by atoms with van der Waals surface area (Å²) in [7, 11) is 0. The van der Waals surface area contributed by atoms with Crippen LogP contribution in [0.4, 0.5) is 34.1 Å². The van der Waals surface area contributed by atoms with E-state index >= 15 is 0 Å². The number of para-hydroxylation sites is 2. The van der Waals surface area contributed by atoms with Gasteiger partial charge in [0, 0.05) is 51.0 Å². The maximum Gasteiger partial charge on any atom is 0.137 e. The monoisotopic (exact) mass is 872 g/mol. The SMILES string of the molecule is CC1CC=Cc2oc3cc(N(c4ccc(-c5ccccc5-c5ccccc5-c5ccc(N(c6ccccc6)c6ccccc6)cc5)cc4)c4cc5ccccc5cc4-c4ccccc4)ccc3c21. The van der Waals surface area contributed by atoms with Crippen LogP contribution >= 0.6 is 0 Å². The highest BCUT2D eigenvalue weighted by Gasteiger charge is 2.24. The number of benzene rings is 10. The molecule has 1 aliphatic carbocycles. The van der Waals surface area contributed by atoms with Crippen LogP contribution in [-0.2, 0) is 0 Å². The zero-order chi connectivity index (χ0) is 45.4. The molecule has 68 heavy (non-hydrogen) atoms. The quantitative estimate of drug-likeness (QED) is 0.136. The smallest absolute Gasteiger partial charge is 0.137 e. The number of hydrogen-bond donors (Lipinski definition) is 0. The molecule has 0 aliphatic heterocycles. The molecule has 0 bridgehead atoms. The Labute approximate surface area is 398 Å². The second-order valence-electron chi connectivity index (χ2n) is 17.7. The van der Waals surface area contributed by atoms with Crippen molar-refractivity contribution in [1.29, 1.82) is 0 Å².